The Morgan fingerprint density at radius 2 is 1.88 bits per heavy atom. The molecule has 1 aromatic carbocycles. The molecule has 0 aliphatic rings. The molecule has 24 heavy (non-hydrogen) atoms. The maximum Gasteiger partial charge on any atom is 0.148 e. The van der Waals surface area contributed by atoms with Crippen molar-refractivity contribution in [3.05, 3.63) is 42.7 Å². The Bertz CT molecular complexity index is 858. The van der Waals surface area contributed by atoms with Crippen LogP contribution in [0.2, 0.25) is 0 Å². The lowest BCUT2D eigenvalue weighted by Crippen LogP contribution is -2.35. The highest BCUT2D eigenvalue weighted by molar-refractivity contribution is 6.56. The minimum atomic E-state index is -1.58. The third-order valence-electron chi connectivity index (χ3n) is 3.51. The summed E-state index contributed by atoms with van der Waals surface area (Å²) in [7, 11) is 18.5. The summed E-state index contributed by atoms with van der Waals surface area (Å²) < 4.78 is 1.25. The quantitative estimate of drug-likeness (QED) is 0.698. The van der Waals surface area contributed by atoms with E-state index < -0.39 is 5.24 Å². The maximum atomic E-state index is 10.3. The van der Waals surface area contributed by atoms with Crippen LogP contribution >= 0.6 is 0 Å². The van der Waals surface area contributed by atoms with Gasteiger partial charge in [0.25, 0.3) is 0 Å². The van der Waals surface area contributed by atoms with Gasteiger partial charge in [-0.3, -0.25) is 4.68 Å². The second kappa shape index (κ2) is 6.07. The van der Waals surface area contributed by atoms with E-state index in [0.29, 0.717) is 17.1 Å². The van der Waals surface area contributed by atoms with E-state index in [1.54, 1.807) is 43.7 Å². The molecule has 3 rings (SSSR count). The molecule has 2 N–H and O–H groups in total. The van der Waals surface area contributed by atoms with Crippen LogP contribution < -0.4 is 5.32 Å². The van der Waals surface area contributed by atoms with Crippen LogP contribution in [0.25, 0.3) is 22.4 Å². The molecule has 2 aromatic heterocycles. The van der Waals surface area contributed by atoms with Gasteiger partial charge in [0.2, 0.25) is 0 Å². The molecule has 0 amide bonds. The fourth-order valence-electron chi connectivity index (χ4n) is 2.22. The molecule has 0 saturated heterocycles. The van der Waals surface area contributed by atoms with Gasteiger partial charge in [-0.05, 0) is 35.1 Å². The van der Waals surface area contributed by atoms with Gasteiger partial charge in [0.1, 0.15) is 11.6 Å². The number of rotatable bonds is 4. The molecule has 0 spiro atoms. The SMILES string of the molecule is [B]C([B])([B])n1cc(-c2ccc(-c3ccc(NC)nn3)c(O)c2)cn1. The van der Waals surface area contributed by atoms with Crippen molar-refractivity contribution in [3.63, 3.8) is 0 Å². The van der Waals surface area contributed by atoms with E-state index in [0.717, 1.165) is 11.1 Å². The molecule has 0 saturated carbocycles. The first-order valence-electron chi connectivity index (χ1n) is 7.15. The summed E-state index contributed by atoms with van der Waals surface area (Å²) in [4.78, 5) is 0. The van der Waals surface area contributed by atoms with Crippen LogP contribution in [0, 0.1) is 0 Å². The Hall–Kier alpha value is -2.70. The fourth-order valence-corrected chi connectivity index (χ4v) is 2.22. The van der Waals surface area contributed by atoms with Crippen LogP contribution in [0.3, 0.4) is 0 Å². The molecule has 0 aliphatic carbocycles. The Morgan fingerprint density at radius 3 is 2.42 bits per heavy atom. The third kappa shape index (κ3) is 3.15. The van der Waals surface area contributed by atoms with Gasteiger partial charge in [-0.25, -0.2) is 0 Å². The molecular weight excluding hydrogens is 299 g/mol. The van der Waals surface area contributed by atoms with Crippen molar-refractivity contribution >= 4 is 29.4 Å². The highest BCUT2D eigenvalue weighted by Gasteiger charge is 2.14. The largest absolute Gasteiger partial charge is 0.507 e. The molecule has 0 fully saturated rings. The summed E-state index contributed by atoms with van der Waals surface area (Å²) in [5, 5.41) is 23.7. The highest BCUT2D eigenvalue weighted by atomic mass is 16.3. The second-order valence-corrected chi connectivity index (χ2v) is 5.35. The van der Waals surface area contributed by atoms with Crippen LogP contribution in [0.5, 0.6) is 5.75 Å². The van der Waals surface area contributed by atoms with Crippen molar-refractivity contribution in [3.8, 4) is 28.1 Å². The topological polar surface area (TPSA) is 75.9 Å². The zero-order valence-electron chi connectivity index (χ0n) is 13.0. The number of aromatic hydroxyl groups is 1. The van der Waals surface area contributed by atoms with E-state index in [2.05, 4.69) is 20.6 Å². The number of hydrogen-bond donors (Lipinski definition) is 2. The molecule has 3 aromatic rings. The summed E-state index contributed by atoms with van der Waals surface area (Å²) in [6.45, 7) is 0. The lowest BCUT2D eigenvalue weighted by molar-refractivity contribution is 0.477. The van der Waals surface area contributed by atoms with Gasteiger partial charge in [-0.1, -0.05) is 6.07 Å². The first kappa shape index (κ1) is 16.2. The molecular formula is C15H12B3N5O. The number of nitrogens with one attached hydrogen (secondary N) is 1. The van der Waals surface area contributed by atoms with Gasteiger partial charge in [0, 0.05) is 24.4 Å². The Kier molecular flexibility index (Phi) is 4.09. The molecule has 6 nitrogen and oxygen atoms in total. The fraction of sp³-hybridized carbons (Fsp3) is 0.133. The maximum absolute atomic E-state index is 10.3. The predicted molar refractivity (Wildman–Crippen MR) is 95.1 cm³/mol. The number of phenolic OH excluding ortho intramolecular Hbond substituents is 1. The van der Waals surface area contributed by atoms with Crippen LogP contribution in [0.4, 0.5) is 5.82 Å². The minimum absolute atomic E-state index is 0.0752. The molecule has 6 radical (unpaired) electrons. The molecule has 0 unspecified atom stereocenters. The monoisotopic (exact) mass is 311 g/mol. The van der Waals surface area contributed by atoms with Crippen LogP contribution in [-0.2, 0) is 5.24 Å². The van der Waals surface area contributed by atoms with Gasteiger partial charge < -0.3 is 10.4 Å². The standard InChI is InChI=1S/C15H12B3N5O/c1-19-14-5-4-12(21-22-14)11-3-2-9(6-13(11)24)10-7-20-23(8-10)15(16,17)18/h2-8,24H,1H3,(H,19,22). The molecule has 0 aliphatic heterocycles. The van der Waals surface area contributed by atoms with Crippen molar-refractivity contribution in [2.24, 2.45) is 0 Å². The number of benzene rings is 1. The molecule has 2 heterocycles. The Morgan fingerprint density at radius 1 is 1.08 bits per heavy atom. The number of phenols is 1. The summed E-state index contributed by atoms with van der Waals surface area (Å²) in [5.74, 6) is 0.724. The first-order chi connectivity index (χ1) is 11.4. The third-order valence-corrected chi connectivity index (χ3v) is 3.51. The van der Waals surface area contributed by atoms with E-state index in [4.69, 9.17) is 23.5 Å². The molecule has 112 valence electrons. The molecule has 0 atom stereocenters. The van der Waals surface area contributed by atoms with Gasteiger partial charge in [0.15, 0.2) is 0 Å². The number of anilines is 1. The Labute approximate surface area is 143 Å². The average Bonchev–Trinajstić information content (AvgIpc) is 3.05. The highest BCUT2D eigenvalue weighted by Crippen LogP contribution is 2.32. The normalized spacial score (nSPS) is 11.4. The summed E-state index contributed by atoms with van der Waals surface area (Å²) in [6.07, 6.45) is 3.17. The number of aromatic nitrogens is 4. The summed E-state index contributed by atoms with van der Waals surface area (Å²) in [6, 6.07) is 8.75. The molecule has 9 heteroatoms. The zero-order valence-corrected chi connectivity index (χ0v) is 13.0. The number of nitrogens with zero attached hydrogens (tertiary/aromatic N) is 4. The summed E-state index contributed by atoms with van der Waals surface area (Å²) >= 11 is 0. The molecule has 0 bridgehead atoms. The van der Waals surface area contributed by atoms with Gasteiger partial charge in [0.05, 0.1) is 35.4 Å². The van der Waals surface area contributed by atoms with Crippen molar-refractivity contribution in [1.82, 2.24) is 20.0 Å². The van der Waals surface area contributed by atoms with Crippen molar-refractivity contribution < 1.29 is 5.11 Å². The Balaban J connectivity index is 1.93. The predicted octanol–water partition coefficient (Wildman–Crippen LogP) is 0.828. The van der Waals surface area contributed by atoms with Gasteiger partial charge in [-0.15, -0.1) is 10.2 Å². The summed E-state index contributed by atoms with van der Waals surface area (Å²) in [5.41, 5.74) is 2.61. The zero-order chi connectivity index (χ0) is 17.3. The van der Waals surface area contributed by atoms with E-state index in [1.165, 1.54) is 4.68 Å². The van der Waals surface area contributed by atoms with Crippen LogP contribution in [0.15, 0.2) is 42.7 Å². The minimum Gasteiger partial charge on any atom is -0.507 e. The first-order valence-corrected chi connectivity index (χ1v) is 7.15. The van der Waals surface area contributed by atoms with E-state index >= 15 is 0 Å². The van der Waals surface area contributed by atoms with E-state index in [1.807, 2.05) is 6.07 Å². The van der Waals surface area contributed by atoms with Crippen molar-refractivity contribution in [2.45, 2.75) is 5.24 Å². The average molecular weight is 311 g/mol. The van der Waals surface area contributed by atoms with Gasteiger partial charge in [-0.2, -0.15) is 5.10 Å². The van der Waals surface area contributed by atoms with Gasteiger partial charge >= 0.3 is 0 Å². The number of hydrogen-bond acceptors (Lipinski definition) is 5. The second-order valence-electron chi connectivity index (χ2n) is 5.35. The van der Waals surface area contributed by atoms with E-state index in [-0.39, 0.29) is 5.75 Å². The lowest BCUT2D eigenvalue weighted by Gasteiger charge is -2.20. The van der Waals surface area contributed by atoms with Crippen molar-refractivity contribution in [2.75, 3.05) is 12.4 Å². The van der Waals surface area contributed by atoms with Crippen molar-refractivity contribution in [1.29, 1.82) is 0 Å². The van der Waals surface area contributed by atoms with Crippen LogP contribution in [0.1, 0.15) is 0 Å². The van der Waals surface area contributed by atoms with E-state index in [9.17, 15) is 5.11 Å². The smallest absolute Gasteiger partial charge is 0.148 e. The van der Waals surface area contributed by atoms with Crippen LogP contribution in [-0.4, -0.2) is 55.7 Å². The lowest BCUT2D eigenvalue weighted by atomic mass is 9.49.